The summed E-state index contributed by atoms with van der Waals surface area (Å²) in [5, 5.41) is 0. The number of hydrogen-bond donors (Lipinski definition) is 0. The second-order valence-corrected chi connectivity index (χ2v) is 11.2. The molecule has 0 heterocycles. The summed E-state index contributed by atoms with van der Waals surface area (Å²) in [5.74, 6) is 0.777. The standard InChI is InChI=1S/C14H20Si/c1-11(12-8-6-5-7-9-12)13-10-14(13)15(2,3)4/h5-9,13-14H,1,10H2,2-4H3/t13-,14-/m0/s1. The van der Waals surface area contributed by atoms with E-state index < -0.39 is 8.07 Å². The average Bonchev–Trinajstić information content (AvgIpc) is 2.97. The van der Waals surface area contributed by atoms with Gasteiger partial charge in [-0.15, -0.1) is 0 Å². The van der Waals surface area contributed by atoms with Crippen molar-refractivity contribution in [3.8, 4) is 0 Å². The Bertz CT molecular complexity index is 359. The first-order chi connectivity index (χ1) is 7.00. The SMILES string of the molecule is C=C(c1ccccc1)[C@@H]1C[C@@H]1[Si](C)(C)C. The molecule has 0 radical (unpaired) electrons. The summed E-state index contributed by atoms with van der Waals surface area (Å²) in [6.45, 7) is 11.7. The van der Waals surface area contributed by atoms with Gasteiger partial charge in [0, 0.05) is 8.07 Å². The van der Waals surface area contributed by atoms with E-state index in [0.717, 1.165) is 11.5 Å². The molecule has 0 N–H and O–H groups in total. The highest BCUT2D eigenvalue weighted by Crippen LogP contribution is 2.57. The second-order valence-electron chi connectivity index (χ2n) is 5.71. The average molecular weight is 216 g/mol. The smallest absolute Gasteiger partial charge is 0.0480 e. The molecule has 0 nitrogen and oxygen atoms in total. The quantitative estimate of drug-likeness (QED) is 0.656. The molecule has 0 aromatic heterocycles. The van der Waals surface area contributed by atoms with Gasteiger partial charge in [-0.2, -0.15) is 0 Å². The van der Waals surface area contributed by atoms with E-state index in [0.29, 0.717) is 0 Å². The maximum Gasteiger partial charge on any atom is 0.0480 e. The molecule has 1 aliphatic rings. The Morgan fingerprint density at radius 1 is 1.20 bits per heavy atom. The second kappa shape index (κ2) is 3.64. The van der Waals surface area contributed by atoms with E-state index in [1.54, 1.807) is 0 Å². The van der Waals surface area contributed by atoms with Gasteiger partial charge in [-0.25, -0.2) is 0 Å². The fourth-order valence-corrected chi connectivity index (χ4v) is 4.77. The van der Waals surface area contributed by atoms with Crippen LogP contribution in [0.2, 0.25) is 25.2 Å². The summed E-state index contributed by atoms with van der Waals surface area (Å²) in [7, 11) is -0.943. The van der Waals surface area contributed by atoms with Crippen molar-refractivity contribution >= 4 is 13.6 Å². The van der Waals surface area contributed by atoms with Crippen molar-refractivity contribution in [1.29, 1.82) is 0 Å². The molecule has 0 unspecified atom stereocenters. The Kier molecular flexibility index (Phi) is 2.59. The number of hydrogen-bond acceptors (Lipinski definition) is 0. The number of benzene rings is 1. The van der Waals surface area contributed by atoms with E-state index in [1.807, 2.05) is 0 Å². The van der Waals surface area contributed by atoms with Gasteiger partial charge in [-0.1, -0.05) is 56.6 Å². The number of rotatable bonds is 3. The van der Waals surface area contributed by atoms with Gasteiger partial charge in [-0.05, 0) is 29.0 Å². The normalized spacial score (nSPS) is 25.0. The summed E-state index contributed by atoms with van der Waals surface area (Å²) in [4.78, 5) is 0. The van der Waals surface area contributed by atoms with Crippen molar-refractivity contribution in [3.63, 3.8) is 0 Å². The molecular weight excluding hydrogens is 196 g/mol. The van der Waals surface area contributed by atoms with Crippen LogP contribution in [0.25, 0.3) is 5.57 Å². The fraction of sp³-hybridized carbons (Fsp3) is 0.429. The molecule has 2 rings (SSSR count). The van der Waals surface area contributed by atoms with E-state index in [2.05, 4.69) is 56.6 Å². The van der Waals surface area contributed by atoms with Gasteiger partial charge in [-0.3, -0.25) is 0 Å². The minimum atomic E-state index is -0.943. The third-order valence-corrected chi connectivity index (χ3v) is 6.36. The van der Waals surface area contributed by atoms with E-state index >= 15 is 0 Å². The molecule has 2 atom stereocenters. The van der Waals surface area contributed by atoms with E-state index in [9.17, 15) is 0 Å². The molecule has 15 heavy (non-hydrogen) atoms. The molecule has 1 aromatic rings. The number of allylic oxidation sites excluding steroid dienone is 1. The first-order valence-corrected chi connectivity index (χ1v) is 9.32. The Labute approximate surface area is 94.0 Å². The van der Waals surface area contributed by atoms with Gasteiger partial charge in [0.25, 0.3) is 0 Å². The van der Waals surface area contributed by atoms with Crippen molar-refractivity contribution in [2.75, 3.05) is 0 Å². The predicted molar refractivity (Wildman–Crippen MR) is 70.7 cm³/mol. The van der Waals surface area contributed by atoms with Crippen molar-refractivity contribution in [3.05, 3.63) is 42.5 Å². The minimum absolute atomic E-state index is 0.777. The van der Waals surface area contributed by atoms with Gasteiger partial charge in [0.1, 0.15) is 0 Å². The molecule has 1 aliphatic carbocycles. The molecule has 80 valence electrons. The van der Waals surface area contributed by atoms with Crippen molar-refractivity contribution in [1.82, 2.24) is 0 Å². The highest BCUT2D eigenvalue weighted by atomic mass is 28.3. The van der Waals surface area contributed by atoms with Gasteiger partial charge in [0.2, 0.25) is 0 Å². The topological polar surface area (TPSA) is 0 Å². The Morgan fingerprint density at radius 2 is 1.80 bits per heavy atom. The zero-order valence-corrected chi connectivity index (χ0v) is 11.0. The monoisotopic (exact) mass is 216 g/mol. The van der Waals surface area contributed by atoms with E-state index in [4.69, 9.17) is 0 Å². The van der Waals surface area contributed by atoms with Crippen molar-refractivity contribution in [2.45, 2.75) is 31.6 Å². The van der Waals surface area contributed by atoms with Crippen LogP contribution in [0.4, 0.5) is 0 Å². The van der Waals surface area contributed by atoms with Gasteiger partial charge < -0.3 is 0 Å². The lowest BCUT2D eigenvalue weighted by Gasteiger charge is -2.16. The van der Waals surface area contributed by atoms with Crippen LogP contribution in [0, 0.1) is 5.92 Å². The van der Waals surface area contributed by atoms with Crippen LogP contribution in [0.5, 0.6) is 0 Å². The largest absolute Gasteiger partial charge is 0.0950 e. The molecule has 0 spiro atoms. The predicted octanol–water partition coefficient (Wildman–Crippen LogP) is 4.43. The van der Waals surface area contributed by atoms with E-state index in [1.165, 1.54) is 17.6 Å². The van der Waals surface area contributed by atoms with Gasteiger partial charge in [0.05, 0.1) is 0 Å². The molecule has 1 heteroatoms. The van der Waals surface area contributed by atoms with Crippen LogP contribution in [0.3, 0.4) is 0 Å². The Hall–Kier alpha value is -0.823. The molecule has 1 fully saturated rings. The highest BCUT2D eigenvalue weighted by Gasteiger charge is 2.47. The lowest BCUT2D eigenvalue weighted by atomic mass is 10.0. The third-order valence-electron chi connectivity index (χ3n) is 3.49. The lowest BCUT2D eigenvalue weighted by molar-refractivity contribution is 1.13. The first-order valence-electron chi connectivity index (χ1n) is 5.74. The molecular formula is C14H20Si. The Morgan fingerprint density at radius 3 is 2.27 bits per heavy atom. The van der Waals surface area contributed by atoms with E-state index in [-0.39, 0.29) is 0 Å². The molecule has 1 saturated carbocycles. The molecule has 0 bridgehead atoms. The third kappa shape index (κ3) is 2.23. The van der Waals surface area contributed by atoms with Crippen LogP contribution < -0.4 is 0 Å². The Balaban J connectivity index is 2.07. The highest BCUT2D eigenvalue weighted by molar-refractivity contribution is 6.78. The van der Waals surface area contributed by atoms with Gasteiger partial charge >= 0.3 is 0 Å². The van der Waals surface area contributed by atoms with Gasteiger partial charge in [0.15, 0.2) is 0 Å². The molecule has 0 amide bonds. The lowest BCUT2D eigenvalue weighted by Crippen LogP contribution is -2.20. The molecule has 0 saturated heterocycles. The zero-order valence-electron chi connectivity index (χ0n) is 9.96. The van der Waals surface area contributed by atoms with Crippen LogP contribution in [-0.4, -0.2) is 8.07 Å². The van der Waals surface area contributed by atoms with Crippen LogP contribution >= 0.6 is 0 Å². The molecule has 0 aliphatic heterocycles. The summed E-state index contributed by atoms with van der Waals surface area (Å²) in [5.41, 5.74) is 3.66. The minimum Gasteiger partial charge on any atom is -0.0950 e. The first kappa shape index (κ1) is 10.7. The summed E-state index contributed by atoms with van der Waals surface area (Å²) in [6, 6.07) is 10.6. The van der Waals surface area contributed by atoms with Crippen molar-refractivity contribution in [2.24, 2.45) is 5.92 Å². The van der Waals surface area contributed by atoms with Crippen LogP contribution in [0.15, 0.2) is 36.9 Å². The summed E-state index contributed by atoms with van der Waals surface area (Å²) >= 11 is 0. The maximum absolute atomic E-state index is 4.27. The van der Waals surface area contributed by atoms with Crippen molar-refractivity contribution < 1.29 is 0 Å². The van der Waals surface area contributed by atoms with Crippen LogP contribution in [0.1, 0.15) is 12.0 Å². The fourth-order valence-electron chi connectivity index (χ4n) is 2.40. The zero-order chi connectivity index (χ0) is 11.1. The van der Waals surface area contributed by atoms with Crippen LogP contribution in [-0.2, 0) is 0 Å². The maximum atomic E-state index is 4.27. The summed E-state index contributed by atoms with van der Waals surface area (Å²) in [6.07, 6.45) is 1.38. The summed E-state index contributed by atoms with van der Waals surface area (Å²) < 4.78 is 0. The molecule has 1 aromatic carbocycles.